The Labute approximate surface area is 153 Å². The zero-order valence-corrected chi connectivity index (χ0v) is 15.1. The largest absolute Gasteiger partial charge is 0.495 e. The molecule has 1 saturated heterocycles. The molecule has 0 aliphatic carbocycles. The van der Waals surface area contributed by atoms with E-state index in [4.69, 9.17) is 9.47 Å². The van der Waals surface area contributed by atoms with Crippen LogP contribution >= 0.6 is 0 Å². The fourth-order valence-electron chi connectivity index (χ4n) is 2.98. The van der Waals surface area contributed by atoms with Crippen LogP contribution in [0, 0.1) is 6.92 Å². The monoisotopic (exact) mass is 356 g/mol. The van der Waals surface area contributed by atoms with Crippen LogP contribution in [0.5, 0.6) is 11.8 Å². The van der Waals surface area contributed by atoms with E-state index in [9.17, 15) is 4.79 Å². The summed E-state index contributed by atoms with van der Waals surface area (Å²) in [6.07, 6.45) is 5.37. The maximum absolute atomic E-state index is 12.4. The second-order valence-electron chi connectivity index (χ2n) is 6.41. The van der Waals surface area contributed by atoms with Crippen molar-refractivity contribution in [3.8, 4) is 11.8 Å². The maximum Gasteiger partial charge on any atom is 0.316 e. The molecule has 1 unspecified atom stereocenters. The van der Waals surface area contributed by atoms with E-state index in [1.165, 1.54) is 0 Å². The molecule has 3 rings (SSSR count). The predicted octanol–water partition coefficient (Wildman–Crippen LogP) is 2.28. The van der Waals surface area contributed by atoms with Gasteiger partial charge in [0.05, 0.1) is 19.3 Å². The van der Waals surface area contributed by atoms with Crippen LogP contribution in [0.4, 0.5) is 5.69 Å². The zero-order chi connectivity index (χ0) is 18.4. The normalized spacial score (nSPS) is 17.5. The molecule has 1 amide bonds. The van der Waals surface area contributed by atoms with Crippen molar-refractivity contribution in [3.63, 3.8) is 0 Å². The molecule has 2 heterocycles. The Morgan fingerprint density at radius 3 is 2.85 bits per heavy atom. The SMILES string of the molecule is COc1ccccc1NC(=O)CN1CCCC(Oc2ncc(C)cn2)C1. The number of benzene rings is 1. The second kappa shape index (κ2) is 8.62. The van der Waals surface area contributed by atoms with E-state index in [2.05, 4.69) is 20.2 Å². The molecule has 2 aromatic rings. The second-order valence-corrected chi connectivity index (χ2v) is 6.41. The molecule has 1 aliphatic rings. The number of methoxy groups -OCH3 is 1. The van der Waals surface area contributed by atoms with Gasteiger partial charge in [-0.3, -0.25) is 9.69 Å². The van der Waals surface area contributed by atoms with Gasteiger partial charge in [0.15, 0.2) is 0 Å². The minimum atomic E-state index is -0.0678. The summed E-state index contributed by atoms with van der Waals surface area (Å²) in [6, 6.07) is 7.77. The number of hydrogen-bond acceptors (Lipinski definition) is 6. The molecule has 1 aliphatic heterocycles. The Morgan fingerprint density at radius 2 is 2.08 bits per heavy atom. The molecule has 138 valence electrons. The first-order chi connectivity index (χ1) is 12.6. The summed E-state index contributed by atoms with van der Waals surface area (Å²) in [5, 5.41) is 2.91. The number of carbonyl (C=O) groups is 1. The smallest absolute Gasteiger partial charge is 0.316 e. The number of rotatable bonds is 6. The minimum Gasteiger partial charge on any atom is -0.495 e. The third kappa shape index (κ3) is 4.92. The van der Waals surface area contributed by atoms with E-state index in [1.807, 2.05) is 31.2 Å². The fourth-order valence-corrected chi connectivity index (χ4v) is 2.98. The topological polar surface area (TPSA) is 76.6 Å². The van der Waals surface area contributed by atoms with E-state index in [0.717, 1.165) is 24.9 Å². The van der Waals surface area contributed by atoms with Crippen molar-refractivity contribution >= 4 is 11.6 Å². The van der Waals surface area contributed by atoms with Crippen LogP contribution in [-0.4, -0.2) is 53.6 Å². The summed E-state index contributed by atoms with van der Waals surface area (Å²) in [6.45, 7) is 3.80. The van der Waals surface area contributed by atoms with Crippen LogP contribution in [0.2, 0.25) is 0 Å². The maximum atomic E-state index is 12.4. The zero-order valence-electron chi connectivity index (χ0n) is 15.1. The Kier molecular flexibility index (Phi) is 6.01. The lowest BCUT2D eigenvalue weighted by atomic mass is 10.1. The van der Waals surface area contributed by atoms with Gasteiger partial charge in [0, 0.05) is 18.9 Å². The van der Waals surface area contributed by atoms with Gasteiger partial charge in [0.1, 0.15) is 11.9 Å². The van der Waals surface area contributed by atoms with Crippen molar-refractivity contribution < 1.29 is 14.3 Å². The number of anilines is 1. The van der Waals surface area contributed by atoms with E-state index in [0.29, 0.717) is 30.5 Å². The molecule has 1 N–H and O–H groups in total. The molecule has 1 aromatic heterocycles. The number of hydrogen-bond donors (Lipinski definition) is 1. The van der Waals surface area contributed by atoms with Crippen LogP contribution in [0.25, 0.3) is 0 Å². The number of aryl methyl sites for hydroxylation is 1. The number of amides is 1. The number of nitrogens with one attached hydrogen (secondary N) is 1. The molecule has 0 saturated carbocycles. The number of aromatic nitrogens is 2. The number of ether oxygens (including phenoxy) is 2. The third-order valence-corrected chi connectivity index (χ3v) is 4.24. The molecule has 1 fully saturated rings. The highest BCUT2D eigenvalue weighted by atomic mass is 16.5. The fraction of sp³-hybridized carbons (Fsp3) is 0.421. The quantitative estimate of drug-likeness (QED) is 0.856. The average molecular weight is 356 g/mol. The Hall–Kier alpha value is -2.67. The standard InChI is InChI=1S/C19H24N4O3/c1-14-10-20-19(21-11-14)26-15-6-5-9-23(12-15)13-18(24)22-16-7-3-4-8-17(16)25-2/h3-4,7-8,10-11,15H,5-6,9,12-13H2,1-2H3,(H,22,24). The summed E-state index contributed by atoms with van der Waals surface area (Å²) in [4.78, 5) is 22.8. The van der Waals surface area contributed by atoms with Crippen LogP contribution < -0.4 is 14.8 Å². The van der Waals surface area contributed by atoms with Crippen molar-refractivity contribution in [1.29, 1.82) is 0 Å². The third-order valence-electron chi connectivity index (χ3n) is 4.24. The van der Waals surface area contributed by atoms with E-state index < -0.39 is 0 Å². The predicted molar refractivity (Wildman–Crippen MR) is 98.5 cm³/mol. The van der Waals surface area contributed by atoms with Gasteiger partial charge in [0.2, 0.25) is 5.91 Å². The van der Waals surface area contributed by atoms with Gasteiger partial charge >= 0.3 is 6.01 Å². The first-order valence-corrected chi connectivity index (χ1v) is 8.74. The summed E-state index contributed by atoms with van der Waals surface area (Å²) in [5.74, 6) is 0.582. The lowest BCUT2D eigenvalue weighted by Gasteiger charge is -2.31. The summed E-state index contributed by atoms with van der Waals surface area (Å²) < 4.78 is 11.1. The van der Waals surface area contributed by atoms with Gasteiger partial charge in [-0.2, -0.15) is 0 Å². The Bertz CT molecular complexity index is 736. The first-order valence-electron chi connectivity index (χ1n) is 8.74. The highest BCUT2D eigenvalue weighted by Crippen LogP contribution is 2.23. The summed E-state index contributed by atoms with van der Waals surface area (Å²) >= 11 is 0. The van der Waals surface area contributed by atoms with Crippen LogP contribution in [-0.2, 0) is 4.79 Å². The van der Waals surface area contributed by atoms with E-state index in [1.54, 1.807) is 19.5 Å². The average Bonchev–Trinajstić information content (AvgIpc) is 2.64. The van der Waals surface area contributed by atoms with Gasteiger partial charge in [-0.1, -0.05) is 12.1 Å². The Morgan fingerprint density at radius 1 is 1.31 bits per heavy atom. The van der Waals surface area contributed by atoms with E-state index in [-0.39, 0.29) is 12.0 Å². The Balaban J connectivity index is 1.52. The van der Waals surface area contributed by atoms with Gasteiger partial charge in [-0.05, 0) is 44.0 Å². The van der Waals surface area contributed by atoms with Crippen molar-refractivity contribution in [2.75, 3.05) is 32.1 Å². The molecule has 0 radical (unpaired) electrons. The van der Waals surface area contributed by atoms with Crippen LogP contribution in [0.1, 0.15) is 18.4 Å². The molecule has 1 aromatic carbocycles. The van der Waals surface area contributed by atoms with Crippen molar-refractivity contribution in [3.05, 3.63) is 42.2 Å². The molecular weight excluding hydrogens is 332 g/mol. The van der Waals surface area contributed by atoms with Crippen molar-refractivity contribution in [2.24, 2.45) is 0 Å². The number of carbonyl (C=O) groups excluding carboxylic acids is 1. The first kappa shape index (κ1) is 18.1. The summed E-state index contributed by atoms with van der Waals surface area (Å²) in [5.41, 5.74) is 1.67. The van der Waals surface area contributed by atoms with Crippen molar-refractivity contribution in [1.82, 2.24) is 14.9 Å². The number of nitrogens with zero attached hydrogens (tertiary/aromatic N) is 3. The minimum absolute atomic E-state index is 0.00878. The molecule has 7 nitrogen and oxygen atoms in total. The highest BCUT2D eigenvalue weighted by molar-refractivity contribution is 5.93. The number of para-hydroxylation sites is 2. The van der Waals surface area contributed by atoms with Crippen LogP contribution in [0.3, 0.4) is 0 Å². The van der Waals surface area contributed by atoms with Gasteiger partial charge in [-0.15, -0.1) is 0 Å². The molecule has 26 heavy (non-hydrogen) atoms. The van der Waals surface area contributed by atoms with Crippen molar-refractivity contribution in [2.45, 2.75) is 25.9 Å². The van der Waals surface area contributed by atoms with Crippen LogP contribution in [0.15, 0.2) is 36.7 Å². The van der Waals surface area contributed by atoms with E-state index >= 15 is 0 Å². The number of piperidine rings is 1. The molecule has 0 bridgehead atoms. The number of likely N-dealkylation sites (tertiary alicyclic amines) is 1. The summed E-state index contributed by atoms with van der Waals surface area (Å²) in [7, 11) is 1.59. The van der Waals surface area contributed by atoms with Gasteiger partial charge in [-0.25, -0.2) is 9.97 Å². The molecular formula is C19H24N4O3. The molecule has 1 atom stereocenters. The highest BCUT2D eigenvalue weighted by Gasteiger charge is 2.23. The molecule has 7 heteroatoms. The van der Waals surface area contributed by atoms with Gasteiger partial charge < -0.3 is 14.8 Å². The lowest BCUT2D eigenvalue weighted by molar-refractivity contribution is -0.117. The lowest BCUT2D eigenvalue weighted by Crippen LogP contribution is -2.44. The van der Waals surface area contributed by atoms with Gasteiger partial charge in [0.25, 0.3) is 0 Å². The molecule has 0 spiro atoms.